The predicted octanol–water partition coefficient (Wildman–Crippen LogP) is 2.38. The minimum atomic E-state index is -2.58. The monoisotopic (exact) mass is 178 g/mol. The second-order valence-electron chi connectivity index (χ2n) is 1.84. The molecule has 11 heavy (non-hydrogen) atoms. The van der Waals surface area contributed by atoms with E-state index in [4.69, 9.17) is 5.11 Å². The van der Waals surface area contributed by atoms with E-state index in [1.807, 2.05) is 0 Å². The van der Waals surface area contributed by atoms with Gasteiger partial charge in [0, 0.05) is 5.38 Å². The van der Waals surface area contributed by atoms with Gasteiger partial charge in [-0.15, -0.1) is 11.3 Å². The maximum Gasteiger partial charge on any atom is 0.336 e. The second-order valence-corrected chi connectivity index (χ2v) is 2.79. The smallest absolute Gasteiger partial charge is 0.336 e. The molecule has 1 rings (SSSR count). The van der Waals surface area contributed by atoms with Crippen LogP contribution in [0.2, 0.25) is 0 Å². The number of thiophene rings is 1. The van der Waals surface area contributed by atoms with Crippen molar-refractivity contribution in [2.45, 2.75) is 6.43 Å². The molecule has 0 aromatic carbocycles. The summed E-state index contributed by atoms with van der Waals surface area (Å²) in [6, 6.07) is 0.984. The zero-order valence-corrected chi connectivity index (χ0v) is 6.07. The van der Waals surface area contributed by atoms with Crippen LogP contribution < -0.4 is 0 Å². The number of alkyl halides is 2. The number of carboxylic acid groups (broad SMARTS) is 1. The predicted molar refractivity (Wildman–Crippen MR) is 36.2 cm³/mol. The number of carboxylic acids is 1. The first-order chi connectivity index (χ1) is 5.11. The molecule has 0 saturated carbocycles. The fraction of sp³-hybridized carbons (Fsp3) is 0.167. The molecule has 0 aliphatic rings. The highest BCUT2D eigenvalue weighted by Crippen LogP contribution is 2.25. The molecule has 0 bridgehead atoms. The standard InChI is InChI=1S/C6H4F2O2S/c7-5(8)4-1-3(2-11-4)6(9)10/h1-2,5H,(H,9,10). The Morgan fingerprint density at radius 1 is 1.64 bits per heavy atom. The topological polar surface area (TPSA) is 37.3 Å². The van der Waals surface area contributed by atoms with Crippen LogP contribution in [-0.2, 0) is 0 Å². The number of carbonyl (C=O) groups is 1. The third-order valence-corrected chi connectivity index (χ3v) is 2.02. The SMILES string of the molecule is O=C(O)c1csc(C(F)F)c1. The van der Waals surface area contributed by atoms with E-state index >= 15 is 0 Å². The van der Waals surface area contributed by atoms with E-state index in [1.54, 1.807) is 0 Å². The van der Waals surface area contributed by atoms with Crippen LogP contribution in [-0.4, -0.2) is 11.1 Å². The highest BCUT2D eigenvalue weighted by atomic mass is 32.1. The Hall–Kier alpha value is -0.970. The van der Waals surface area contributed by atoms with Crippen molar-refractivity contribution in [1.82, 2.24) is 0 Å². The normalized spacial score (nSPS) is 10.5. The van der Waals surface area contributed by atoms with E-state index in [0.717, 1.165) is 17.4 Å². The Balaban J connectivity index is 2.90. The molecular weight excluding hydrogens is 174 g/mol. The molecule has 0 radical (unpaired) electrons. The van der Waals surface area contributed by atoms with Gasteiger partial charge >= 0.3 is 5.97 Å². The highest BCUT2D eigenvalue weighted by molar-refractivity contribution is 7.10. The molecule has 0 aliphatic heterocycles. The molecule has 1 heterocycles. The van der Waals surface area contributed by atoms with E-state index in [1.165, 1.54) is 5.38 Å². The quantitative estimate of drug-likeness (QED) is 0.754. The summed E-state index contributed by atoms with van der Waals surface area (Å²) in [6.07, 6.45) is -2.58. The summed E-state index contributed by atoms with van der Waals surface area (Å²) in [6.45, 7) is 0. The van der Waals surface area contributed by atoms with Crippen LogP contribution in [0.4, 0.5) is 8.78 Å². The Morgan fingerprint density at radius 3 is 2.55 bits per heavy atom. The summed E-state index contributed by atoms with van der Waals surface area (Å²) < 4.78 is 23.7. The lowest BCUT2D eigenvalue weighted by Gasteiger charge is -1.88. The summed E-state index contributed by atoms with van der Waals surface area (Å²) in [7, 11) is 0. The maximum atomic E-state index is 11.9. The van der Waals surface area contributed by atoms with Crippen molar-refractivity contribution in [3.05, 3.63) is 21.9 Å². The molecule has 0 atom stereocenters. The van der Waals surface area contributed by atoms with Gasteiger partial charge < -0.3 is 5.11 Å². The van der Waals surface area contributed by atoms with E-state index in [2.05, 4.69) is 0 Å². The zero-order chi connectivity index (χ0) is 8.43. The fourth-order valence-corrected chi connectivity index (χ4v) is 1.31. The lowest BCUT2D eigenvalue weighted by atomic mass is 10.3. The van der Waals surface area contributed by atoms with Crippen LogP contribution in [0.25, 0.3) is 0 Å². The molecule has 0 fully saturated rings. The Kier molecular flexibility index (Phi) is 2.19. The van der Waals surface area contributed by atoms with Gasteiger partial charge in [0.05, 0.1) is 10.4 Å². The molecule has 0 aliphatic carbocycles. The van der Waals surface area contributed by atoms with Crippen LogP contribution in [0.3, 0.4) is 0 Å². The Morgan fingerprint density at radius 2 is 2.27 bits per heavy atom. The van der Waals surface area contributed by atoms with E-state index < -0.39 is 12.4 Å². The average Bonchev–Trinajstić information content (AvgIpc) is 2.33. The Bertz CT molecular complexity index is 269. The Labute approximate surface area is 65.1 Å². The van der Waals surface area contributed by atoms with Crippen molar-refractivity contribution < 1.29 is 18.7 Å². The van der Waals surface area contributed by atoms with Crippen LogP contribution in [0.15, 0.2) is 11.4 Å². The summed E-state index contributed by atoms with van der Waals surface area (Å²) in [5.41, 5.74) is -0.0784. The van der Waals surface area contributed by atoms with Gasteiger partial charge in [0.1, 0.15) is 0 Å². The number of rotatable bonds is 2. The molecule has 1 N–H and O–H groups in total. The van der Waals surface area contributed by atoms with Gasteiger partial charge in [0.2, 0.25) is 0 Å². The molecule has 1 aromatic rings. The van der Waals surface area contributed by atoms with Crippen LogP contribution in [0.5, 0.6) is 0 Å². The van der Waals surface area contributed by atoms with Gasteiger partial charge in [-0.05, 0) is 6.07 Å². The first kappa shape index (κ1) is 8.13. The van der Waals surface area contributed by atoms with Gasteiger partial charge in [-0.3, -0.25) is 0 Å². The molecule has 0 unspecified atom stereocenters. The molecule has 0 spiro atoms. The summed E-state index contributed by atoms with van der Waals surface area (Å²) in [5.74, 6) is -1.17. The van der Waals surface area contributed by atoms with Gasteiger partial charge in [0.15, 0.2) is 0 Å². The maximum absolute atomic E-state index is 11.9. The molecule has 0 amide bonds. The average molecular weight is 178 g/mol. The van der Waals surface area contributed by atoms with Crippen LogP contribution >= 0.6 is 11.3 Å². The van der Waals surface area contributed by atoms with Gasteiger partial charge in [-0.2, -0.15) is 0 Å². The van der Waals surface area contributed by atoms with Crippen molar-refractivity contribution in [3.63, 3.8) is 0 Å². The fourth-order valence-electron chi connectivity index (χ4n) is 0.579. The molecule has 60 valence electrons. The molecule has 2 nitrogen and oxygen atoms in total. The third kappa shape index (κ3) is 1.74. The molecule has 0 saturated heterocycles. The van der Waals surface area contributed by atoms with Crippen LogP contribution in [0.1, 0.15) is 21.7 Å². The first-order valence-electron chi connectivity index (χ1n) is 2.71. The van der Waals surface area contributed by atoms with Gasteiger partial charge in [-0.25, -0.2) is 13.6 Å². The van der Waals surface area contributed by atoms with E-state index in [0.29, 0.717) is 0 Å². The van der Waals surface area contributed by atoms with E-state index in [-0.39, 0.29) is 10.4 Å². The third-order valence-electron chi connectivity index (χ3n) is 1.08. The van der Waals surface area contributed by atoms with E-state index in [9.17, 15) is 13.6 Å². The van der Waals surface area contributed by atoms with Crippen molar-refractivity contribution >= 4 is 17.3 Å². The number of hydrogen-bond acceptors (Lipinski definition) is 2. The zero-order valence-electron chi connectivity index (χ0n) is 5.25. The number of halogens is 2. The van der Waals surface area contributed by atoms with Gasteiger partial charge in [-0.1, -0.05) is 0 Å². The van der Waals surface area contributed by atoms with Crippen molar-refractivity contribution in [2.75, 3.05) is 0 Å². The van der Waals surface area contributed by atoms with Crippen molar-refractivity contribution in [1.29, 1.82) is 0 Å². The largest absolute Gasteiger partial charge is 0.478 e. The highest BCUT2D eigenvalue weighted by Gasteiger charge is 2.12. The summed E-state index contributed by atoms with van der Waals surface area (Å²) >= 11 is 0.755. The minimum absolute atomic E-state index is 0.0784. The van der Waals surface area contributed by atoms with Crippen molar-refractivity contribution in [2.24, 2.45) is 0 Å². The number of hydrogen-bond donors (Lipinski definition) is 1. The molecular formula is C6H4F2O2S. The summed E-state index contributed by atoms with van der Waals surface area (Å²) in [4.78, 5) is 9.99. The lowest BCUT2D eigenvalue weighted by molar-refractivity contribution is 0.0697. The summed E-state index contributed by atoms with van der Waals surface area (Å²) in [5, 5.41) is 9.54. The second kappa shape index (κ2) is 2.96. The van der Waals surface area contributed by atoms with Crippen molar-refractivity contribution in [3.8, 4) is 0 Å². The van der Waals surface area contributed by atoms with Crippen LogP contribution in [0, 0.1) is 0 Å². The number of aromatic carboxylic acids is 1. The van der Waals surface area contributed by atoms with Gasteiger partial charge in [0.25, 0.3) is 6.43 Å². The lowest BCUT2D eigenvalue weighted by Crippen LogP contribution is -1.91. The first-order valence-corrected chi connectivity index (χ1v) is 3.59. The molecule has 5 heteroatoms. The minimum Gasteiger partial charge on any atom is -0.478 e. The molecule has 1 aromatic heterocycles.